The van der Waals surface area contributed by atoms with Gasteiger partial charge in [0.25, 0.3) is 0 Å². The molecule has 2 fully saturated rings. The fourth-order valence-electron chi connectivity index (χ4n) is 3.04. The second-order valence-corrected chi connectivity index (χ2v) is 4.73. The first-order valence-electron chi connectivity index (χ1n) is 6.00. The average molecular weight is 192 g/mol. The van der Waals surface area contributed by atoms with Gasteiger partial charge in [-0.1, -0.05) is 19.8 Å². The van der Waals surface area contributed by atoms with Crippen LogP contribution in [0.3, 0.4) is 0 Å². The molecule has 0 aromatic heterocycles. The third-order valence-electron chi connectivity index (χ3n) is 3.95. The van der Waals surface area contributed by atoms with E-state index >= 15 is 0 Å². The lowest BCUT2D eigenvalue weighted by Gasteiger charge is -2.49. The molecule has 0 amide bonds. The molecule has 0 unspecified atom stereocenters. The van der Waals surface area contributed by atoms with E-state index in [-0.39, 0.29) is 0 Å². The molecule has 78 valence electrons. The molecule has 2 nitrogen and oxygen atoms in total. The maximum atomic E-state index is 9.02. The minimum absolute atomic E-state index is 0.332. The first-order chi connectivity index (χ1) is 6.86. The van der Waals surface area contributed by atoms with Crippen molar-refractivity contribution in [3.63, 3.8) is 0 Å². The number of hydrogen-bond donors (Lipinski definition) is 0. The molecule has 2 aliphatic rings. The summed E-state index contributed by atoms with van der Waals surface area (Å²) >= 11 is 0. The van der Waals surface area contributed by atoms with Gasteiger partial charge in [-0.2, -0.15) is 5.26 Å². The standard InChI is InChI=1S/C12H20N2/c1-2-10-8-11(9-13)12(10)14-6-4-3-5-7-14/h10-12H,2-8H2,1H3/t10-,11-,12+/m1/s1. The van der Waals surface area contributed by atoms with Gasteiger partial charge in [-0.05, 0) is 38.3 Å². The Hall–Kier alpha value is -0.550. The van der Waals surface area contributed by atoms with Crippen LogP contribution >= 0.6 is 0 Å². The summed E-state index contributed by atoms with van der Waals surface area (Å²) in [6, 6.07) is 3.07. The van der Waals surface area contributed by atoms with Gasteiger partial charge >= 0.3 is 0 Å². The predicted molar refractivity (Wildman–Crippen MR) is 56.7 cm³/mol. The molecule has 1 aliphatic heterocycles. The third kappa shape index (κ3) is 1.66. The Kier molecular flexibility index (Phi) is 3.08. The van der Waals surface area contributed by atoms with E-state index < -0.39 is 0 Å². The molecule has 1 heterocycles. The summed E-state index contributed by atoms with van der Waals surface area (Å²) in [5.41, 5.74) is 0. The minimum atomic E-state index is 0.332. The van der Waals surface area contributed by atoms with Crippen molar-refractivity contribution in [3.8, 4) is 6.07 Å². The molecule has 1 saturated heterocycles. The topological polar surface area (TPSA) is 27.0 Å². The van der Waals surface area contributed by atoms with Gasteiger partial charge in [0, 0.05) is 6.04 Å². The molecule has 1 saturated carbocycles. The Bertz CT molecular complexity index is 225. The van der Waals surface area contributed by atoms with E-state index in [1.54, 1.807) is 0 Å². The Morgan fingerprint density at radius 3 is 2.57 bits per heavy atom. The Labute approximate surface area is 86.9 Å². The largest absolute Gasteiger partial charge is 0.299 e. The number of hydrogen-bond acceptors (Lipinski definition) is 2. The van der Waals surface area contributed by atoms with Crippen molar-refractivity contribution < 1.29 is 0 Å². The van der Waals surface area contributed by atoms with Crippen molar-refractivity contribution in [2.75, 3.05) is 13.1 Å². The Morgan fingerprint density at radius 1 is 1.29 bits per heavy atom. The first-order valence-corrected chi connectivity index (χ1v) is 6.00. The van der Waals surface area contributed by atoms with Gasteiger partial charge < -0.3 is 0 Å². The van der Waals surface area contributed by atoms with Crippen molar-refractivity contribution in [2.45, 2.75) is 45.1 Å². The fourth-order valence-corrected chi connectivity index (χ4v) is 3.04. The van der Waals surface area contributed by atoms with Crippen molar-refractivity contribution in [3.05, 3.63) is 0 Å². The van der Waals surface area contributed by atoms with E-state index in [9.17, 15) is 0 Å². The summed E-state index contributed by atoms with van der Waals surface area (Å²) < 4.78 is 0. The minimum Gasteiger partial charge on any atom is -0.299 e. The summed E-state index contributed by atoms with van der Waals surface area (Å²) in [5.74, 6) is 1.13. The SMILES string of the molecule is CC[C@@H]1C[C@H](C#N)[C@H]1N1CCCCC1. The molecular formula is C12H20N2. The quantitative estimate of drug-likeness (QED) is 0.672. The molecule has 3 atom stereocenters. The molecular weight excluding hydrogens is 172 g/mol. The van der Waals surface area contributed by atoms with Crippen molar-refractivity contribution >= 4 is 0 Å². The van der Waals surface area contributed by atoms with Crippen molar-refractivity contribution in [1.29, 1.82) is 5.26 Å². The van der Waals surface area contributed by atoms with E-state index in [1.165, 1.54) is 38.8 Å². The predicted octanol–water partition coefficient (Wildman–Crippen LogP) is 2.41. The van der Waals surface area contributed by atoms with Crippen molar-refractivity contribution in [2.24, 2.45) is 11.8 Å². The van der Waals surface area contributed by atoms with Crippen molar-refractivity contribution in [1.82, 2.24) is 4.90 Å². The monoisotopic (exact) mass is 192 g/mol. The van der Waals surface area contributed by atoms with Gasteiger partial charge in [-0.15, -0.1) is 0 Å². The van der Waals surface area contributed by atoms with Gasteiger partial charge in [-0.3, -0.25) is 4.90 Å². The average Bonchev–Trinajstić information content (AvgIpc) is 2.19. The van der Waals surface area contributed by atoms with E-state index in [4.69, 9.17) is 5.26 Å². The van der Waals surface area contributed by atoms with E-state index in [0.29, 0.717) is 12.0 Å². The lowest BCUT2D eigenvalue weighted by molar-refractivity contribution is 0.0109. The van der Waals surface area contributed by atoms with Gasteiger partial charge in [-0.25, -0.2) is 0 Å². The second-order valence-electron chi connectivity index (χ2n) is 4.73. The molecule has 0 aromatic carbocycles. The van der Waals surface area contributed by atoms with Crippen LogP contribution in [0.4, 0.5) is 0 Å². The van der Waals surface area contributed by atoms with Crippen LogP contribution in [0.25, 0.3) is 0 Å². The van der Waals surface area contributed by atoms with Gasteiger partial charge in [0.2, 0.25) is 0 Å². The zero-order valence-electron chi connectivity index (χ0n) is 9.08. The van der Waals surface area contributed by atoms with Crippen LogP contribution in [0.5, 0.6) is 0 Å². The van der Waals surface area contributed by atoms with Crippen LogP contribution in [0.2, 0.25) is 0 Å². The van der Waals surface area contributed by atoms with E-state index in [0.717, 1.165) is 12.3 Å². The number of likely N-dealkylation sites (tertiary alicyclic amines) is 1. The zero-order chi connectivity index (χ0) is 9.97. The number of rotatable bonds is 2. The van der Waals surface area contributed by atoms with Gasteiger partial charge in [0.1, 0.15) is 0 Å². The van der Waals surface area contributed by atoms with Gasteiger partial charge in [0.05, 0.1) is 12.0 Å². The number of nitrogens with zero attached hydrogens (tertiary/aromatic N) is 2. The van der Waals surface area contributed by atoms with Crippen LogP contribution in [0.1, 0.15) is 39.0 Å². The highest BCUT2D eigenvalue weighted by Gasteiger charge is 2.43. The number of piperidine rings is 1. The molecule has 0 aromatic rings. The third-order valence-corrected chi connectivity index (χ3v) is 3.95. The highest BCUT2D eigenvalue weighted by atomic mass is 15.2. The Morgan fingerprint density at radius 2 is 2.00 bits per heavy atom. The Balaban J connectivity index is 1.95. The van der Waals surface area contributed by atoms with Crippen LogP contribution in [0.15, 0.2) is 0 Å². The fraction of sp³-hybridized carbons (Fsp3) is 0.917. The molecule has 0 spiro atoms. The lowest BCUT2D eigenvalue weighted by Crippen LogP contribution is -2.54. The van der Waals surface area contributed by atoms with E-state index in [1.807, 2.05) is 0 Å². The highest BCUT2D eigenvalue weighted by Crippen LogP contribution is 2.40. The molecule has 2 rings (SSSR count). The molecule has 2 heteroatoms. The molecule has 0 bridgehead atoms. The normalized spacial score (nSPS) is 38.7. The summed E-state index contributed by atoms with van der Waals surface area (Å²) in [4.78, 5) is 2.58. The summed E-state index contributed by atoms with van der Waals surface area (Å²) in [6.45, 7) is 4.73. The van der Waals surface area contributed by atoms with Crippen LogP contribution < -0.4 is 0 Å². The molecule has 14 heavy (non-hydrogen) atoms. The van der Waals surface area contributed by atoms with Gasteiger partial charge in [0.15, 0.2) is 0 Å². The smallest absolute Gasteiger partial charge is 0.0672 e. The van der Waals surface area contributed by atoms with Crippen LogP contribution in [-0.2, 0) is 0 Å². The van der Waals surface area contributed by atoms with Crippen LogP contribution in [-0.4, -0.2) is 24.0 Å². The number of nitriles is 1. The summed E-state index contributed by atoms with van der Waals surface area (Å²) in [6.07, 6.45) is 6.46. The molecule has 1 aliphatic carbocycles. The van der Waals surface area contributed by atoms with Crippen LogP contribution in [0, 0.1) is 23.2 Å². The molecule has 0 N–H and O–H groups in total. The second kappa shape index (κ2) is 4.31. The lowest BCUT2D eigenvalue weighted by atomic mass is 9.68. The highest BCUT2D eigenvalue weighted by molar-refractivity contribution is 5.05. The maximum Gasteiger partial charge on any atom is 0.0672 e. The first kappa shape index (κ1) is 9.98. The maximum absolute atomic E-state index is 9.02. The summed E-state index contributed by atoms with van der Waals surface area (Å²) in [5, 5.41) is 9.02. The van der Waals surface area contributed by atoms with E-state index in [2.05, 4.69) is 17.9 Å². The zero-order valence-corrected chi connectivity index (χ0v) is 9.08. The summed E-state index contributed by atoms with van der Waals surface area (Å²) in [7, 11) is 0. The molecule has 0 radical (unpaired) electrons.